The first kappa shape index (κ1) is 29.0. The minimum Gasteiger partial charge on any atom is -0.488 e. The van der Waals surface area contributed by atoms with Crippen LogP contribution in [0.1, 0.15) is 61.9 Å². The molecule has 2 heterocycles. The molecule has 3 atom stereocenters. The number of aliphatic hydroxyl groups is 1. The maximum atomic E-state index is 13.7. The van der Waals surface area contributed by atoms with E-state index in [1.54, 1.807) is 23.1 Å². The third-order valence-corrected chi connectivity index (χ3v) is 8.24. The summed E-state index contributed by atoms with van der Waals surface area (Å²) in [4.78, 5) is 30.3. The SMILES string of the molecule is C[C@H]1CN([C@@H](C)CO)C(=O)c2cc(NC(=O)NC3CCCCC3)ccc2O[C@H]1CN(C)Cc1ccc2c(c1)OCO2. The number of aliphatic hydroxyl groups excluding tert-OH is 1. The van der Waals surface area contributed by atoms with Gasteiger partial charge in [0.2, 0.25) is 6.79 Å². The molecule has 10 heteroatoms. The lowest BCUT2D eigenvalue weighted by Gasteiger charge is -2.38. The summed E-state index contributed by atoms with van der Waals surface area (Å²) >= 11 is 0. The van der Waals surface area contributed by atoms with Crippen molar-refractivity contribution in [2.75, 3.05) is 38.9 Å². The molecule has 0 spiro atoms. The monoisotopic (exact) mass is 566 g/mol. The Balaban J connectivity index is 1.32. The molecule has 0 bridgehead atoms. The number of carbonyl (C=O) groups excluding carboxylic acids is 2. The van der Waals surface area contributed by atoms with Crippen LogP contribution in [0, 0.1) is 5.92 Å². The average Bonchev–Trinajstić information content (AvgIpc) is 3.43. The molecule has 1 aliphatic carbocycles. The van der Waals surface area contributed by atoms with Gasteiger partial charge in [0.05, 0.1) is 18.2 Å². The van der Waals surface area contributed by atoms with E-state index in [4.69, 9.17) is 14.2 Å². The normalized spacial score (nSPS) is 21.5. The summed E-state index contributed by atoms with van der Waals surface area (Å²) in [7, 11) is 2.04. The van der Waals surface area contributed by atoms with Crippen molar-refractivity contribution in [2.24, 2.45) is 5.92 Å². The molecule has 0 unspecified atom stereocenters. The molecule has 0 aromatic heterocycles. The minimum atomic E-state index is -0.367. The smallest absolute Gasteiger partial charge is 0.319 e. The second-order valence-electron chi connectivity index (χ2n) is 11.7. The van der Waals surface area contributed by atoms with E-state index < -0.39 is 0 Å². The largest absolute Gasteiger partial charge is 0.488 e. The molecule has 41 heavy (non-hydrogen) atoms. The predicted octanol–water partition coefficient (Wildman–Crippen LogP) is 4.22. The molecule has 0 radical (unpaired) electrons. The fourth-order valence-corrected chi connectivity index (χ4v) is 5.84. The van der Waals surface area contributed by atoms with Gasteiger partial charge in [0.25, 0.3) is 5.91 Å². The molecule has 2 aromatic rings. The third-order valence-electron chi connectivity index (χ3n) is 8.24. The van der Waals surface area contributed by atoms with Crippen LogP contribution in [-0.4, -0.2) is 78.6 Å². The number of hydrogen-bond donors (Lipinski definition) is 3. The predicted molar refractivity (Wildman–Crippen MR) is 156 cm³/mol. The van der Waals surface area contributed by atoms with Gasteiger partial charge in [-0.15, -0.1) is 0 Å². The first-order valence-corrected chi connectivity index (χ1v) is 14.7. The molecule has 3 amide bonds. The van der Waals surface area contributed by atoms with Crippen LogP contribution in [0.2, 0.25) is 0 Å². The van der Waals surface area contributed by atoms with Crippen molar-refractivity contribution in [2.45, 2.75) is 70.7 Å². The van der Waals surface area contributed by atoms with Crippen LogP contribution in [0.25, 0.3) is 0 Å². The van der Waals surface area contributed by atoms with E-state index in [0.717, 1.165) is 42.7 Å². The topological polar surface area (TPSA) is 113 Å². The van der Waals surface area contributed by atoms with Gasteiger partial charge in [-0.1, -0.05) is 32.3 Å². The van der Waals surface area contributed by atoms with E-state index in [2.05, 4.69) is 22.5 Å². The van der Waals surface area contributed by atoms with Crippen LogP contribution < -0.4 is 24.8 Å². The lowest BCUT2D eigenvalue weighted by atomic mass is 9.96. The Labute approximate surface area is 241 Å². The van der Waals surface area contributed by atoms with E-state index in [1.807, 2.05) is 32.2 Å². The van der Waals surface area contributed by atoms with Crippen molar-refractivity contribution in [3.8, 4) is 17.2 Å². The Morgan fingerprint density at radius 3 is 2.63 bits per heavy atom. The Morgan fingerprint density at radius 1 is 1.10 bits per heavy atom. The fourth-order valence-electron chi connectivity index (χ4n) is 5.84. The van der Waals surface area contributed by atoms with Gasteiger partial charge in [0, 0.05) is 37.3 Å². The summed E-state index contributed by atoms with van der Waals surface area (Å²) in [5, 5.41) is 15.9. The van der Waals surface area contributed by atoms with Gasteiger partial charge >= 0.3 is 6.03 Å². The van der Waals surface area contributed by atoms with Crippen LogP contribution in [0.5, 0.6) is 17.2 Å². The number of likely N-dealkylation sites (N-methyl/N-ethyl adjacent to an activating group) is 1. The molecule has 0 saturated heterocycles. The van der Waals surface area contributed by atoms with Gasteiger partial charge in [0.1, 0.15) is 11.9 Å². The maximum Gasteiger partial charge on any atom is 0.319 e. The Hall–Kier alpha value is -3.50. The van der Waals surface area contributed by atoms with Gasteiger partial charge in [-0.05, 0) is 62.7 Å². The highest BCUT2D eigenvalue weighted by atomic mass is 16.7. The zero-order valence-corrected chi connectivity index (χ0v) is 24.2. The van der Waals surface area contributed by atoms with Crippen molar-refractivity contribution in [1.29, 1.82) is 0 Å². The number of ether oxygens (including phenoxy) is 3. The standard InChI is InChI=1S/C31H42N4O6/c1-20-15-35(21(2)18-36)30(37)25-14-24(33-31(38)32-23-7-5-4-6-8-23)10-12-26(25)41-29(20)17-34(3)16-22-9-11-27-28(13-22)40-19-39-27/h9-14,20-21,23,29,36H,4-8,15-19H2,1-3H3,(H2,32,33,38)/t20-,21-,29-/m0/s1. The highest BCUT2D eigenvalue weighted by Gasteiger charge is 2.33. The van der Waals surface area contributed by atoms with Crippen LogP contribution >= 0.6 is 0 Å². The second-order valence-corrected chi connectivity index (χ2v) is 11.7. The van der Waals surface area contributed by atoms with Crippen LogP contribution in [0.15, 0.2) is 36.4 Å². The molecule has 5 rings (SSSR count). The van der Waals surface area contributed by atoms with E-state index in [-0.39, 0.29) is 49.4 Å². The maximum absolute atomic E-state index is 13.7. The minimum absolute atomic E-state index is 0.000577. The van der Waals surface area contributed by atoms with E-state index in [9.17, 15) is 14.7 Å². The van der Waals surface area contributed by atoms with Gasteiger partial charge in [-0.25, -0.2) is 4.79 Å². The van der Waals surface area contributed by atoms with Crippen LogP contribution in [-0.2, 0) is 6.54 Å². The number of amides is 3. The molecule has 3 N–H and O–H groups in total. The van der Waals surface area contributed by atoms with Crippen LogP contribution in [0.4, 0.5) is 10.5 Å². The highest BCUT2D eigenvalue weighted by molar-refractivity contribution is 5.99. The second kappa shape index (κ2) is 13.0. The summed E-state index contributed by atoms with van der Waals surface area (Å²) in [5.41, 5.74) is 2.00. The molecule has 10 nitrogen and oxygen atoms in total. The van der Waals surface area contributed by atoms with Gasteiger partial charge < -0.3 is 34.9 Å². The molecular weight excluding hydrogens is 524 g/mol. The molecule has 2 aliphatic heterocycles. The van der Waals surface area contributed by atoms with E-state index in [0.29, 0.717) is 36.6 Å². The first-order valence-electron chi connectivity index (χ1n) is 14.7. The van der Waals surface area contributed by atoms with Crippen molar-refractivity contribution < 1.29 is 28.9 Å². The first-order chi connectivity index (χ1) is 19.8. The number of rotatable bonds is 8. The summed E-state index contributed by atoms with van der Waals surface area (Å²) in [6.45, 7) is 5.74. The Bertz CT molecular complexity index is 1230. The summed E-state index contributed by atoms with van der Waals surface area (Å²) in [6, 6.07) is 10.7. The van der Waals surface area contributed by atoms with E-state index in [1.165, 1.54) is 6.42 Å². The zero-order chi connectivity index (χ0) is 28.9. The van der Waals surface area contributed by atoms with Gasteiger partial charge in [-0.3, -0.25) is 9.69 Å². The Morgan fingerprint density at radius 2 is 1.85 bits per heavy atom. The molecule has 222 valence electrons. The lowest BCUT2D eigenvalue weighted by molar-refractivity contribution is 0.0341. The van der Waals surface area contributed by atoms with Crippen molar-refractivity contribution >= 4 is 17.6 Å². The summed E-state index contributed by atoms with van der Waals surface area (Å²) < 4.78 is 17.5. The number of anilines is 1. The van der Waals surface area contributed by atoms with Crippen LogP contribution in [0.3, 0.4) is 0 Å². The zero-order valence-electron chi connectivity index (χ0n) is 24.2. The number of nitrogens with zero attached hydrogens (tertiary/aromatic N) is 2. The number of fused-ring (bicyclic) bond motifs is 2. The number of nitrogens with one attached hydrogen (secondary N) is 2. The molecule has 1 saturated carbocycles. The number of benzene rings is 2. The molecular formula is C31H42N4O6. The Kier molecular flexibility index (Phi) is 9.19. The number of carbonyl (C=O) groups is 2. The third kappa shape index (κ3) is 7.05. The summed E-state index contributed by atoms with van der Waals surface area (Å²) in [5.74, 6) is 1.75. The van der Waals surface area contributed by atoms with E-state index >= 15 is 0 Å². The van der Waals surface area contributed by atoms with Crippen molar-refractivity contribution in [1.82, 2.24) is 15.1 Å². The summed E-state index contributed by atoms with van der Waals surface area (Å²) in [6.07, 6.45) is 5.22. The molecule has 3 aliphatic rings. The van der Waals surface area contributed by atoms with Crippen molar-refractivity contribution in [3.63, 3.8) is 0 Å². The van der Waals surface area contributed by atoms with Gasteiger partial charge in [0.15, 0.2) is 11.5 Å². The quantitative estimate of drug-likeness (QED) is 0.439. The molecule has 2 aromatic carbocycles. The highest BCUT2D eigenvalue weighted by Crippen LogP contribution is 2.34. The van der Waals surface area contributed by atoms with Gasteiger partial charge in [-0.2, -0.15) is 0 Å². The number of hydrogen-bond acceptors (Lipinski definition) is 7. The van der Waals surface area contributed by atoms with Crippen molar-refractivity contribution in [3.05, 3.63) is 47.5 Å². The molecule has 1 fully saturated rings. The number of urea groups is 1. The lowest BCUT2D eigenvalue weighted by Crippen LogP contribution is -2.49. The average molecular weight is 567 g/mol. The fraction of sp³-hybridized carbons (Fsp3) is 0.548.